The Morgan fingerprint density at radius 2 is 0.850 bits per heavy atom. The first-order chi connectivity index (χ1) is 28.0. The van der Waals surface area contributed by atoms with E-state index in [1.165, 1.54) is 20.8 Å². The predicted octanol–water partition coefficient (Wildman–Crippen LogP) is -7.88. The van der Waals surface area contributed by atoms with Gasteiger partial charge in [-0.05, 0) is 20.8 Å². The van der Waals surface area contributed by atoms with Crippen LogP contribution in [0.5, 0.6) is 0 Å². The van der Waals surface area contributed by atoms with Crippen molar-refractivity contribution in [2.75, 3.05) is 24.4 Å². The average molecular weight is 913 g/mol. The lowest BCUT2D eigenvalue weighted by Crippen LogP contribution is -2.64. The summed E-state index contributed by atoms with van der Waals surface area (Å²) in [7, 11) is 1.06. The molecule has 6 fully saturated rings. The number of nitrogens with zero attached hydrogens (tertiary/aromatic N) is 3. The Bertz CT molecular complexity index is 1750. The average Bonchev–Trinajstić information content (AvgIpc) is 3.94. The summed E-state index contributed by atoms with van der Waals surface area (Å²) in [5.41, 5.74) is -1.06. The minimum absolute atomic E-state index is 0.0529. The highest BCUT2D eigenvalue weighted by molar-refractivity contribution is 8.00. The van der Waals surface area contributed by atoms with E-state index in [-0.39, 0.29) is 17.3 Å². The van der Waals surface area contributed by atoms with Crippen LogP contribution in [0.1, 0.15) is 20.8 Å². The number of esters is 1. The monoisotopic (exact) mass is 912 g/mol. The van der Waals surface area contributed by atoms with Crippen molar-refractivity contribution in [2.45, 2.75) is 134 Å². The molecular formula is C33H48N6O18S3. The van der Waals surface area contributed by atoms with Gasteiger partial charge in [-0.2, -0.15) is 0 Å². The van der Waals surface area contributed by atoms with Crippen LogP contribution in [0.2, 0.25) is 0 Å². The second kappa shape index (κ2) is 17.5. The highest BCUT2D eigenvalue weighted by Gasteiger charge is 2.59. The van der Waals surface area contributed by atoms with E-state index in [2.05, 4.69) is 16.0 Å². The Morgan fingerprint density at radius 1 is 0.533 bits per heavy atom. The van der Waals surface area contributed by atoms with Crippen LogP contribution in [0, 0.1) is 0 Å². The molecule has 0 spiro atoms. The quantitative estimate of drug-likeness (QED) is 0.110. The molecule has 24 nitrogen and oxygen atoms in total. The molecule has 60 heavy (non-hydrogen) atoms. The van der Waals surface area contributed by atoms with Crippen molar-refractivity contribution in [3.05, 3.63) is 0 Å². The van der Waals surface area contributed by atoms with Gasteiger partial charge in [-0.1, -0.05) is 0 Å². The van der Waals surface area contributed by atoms with Gasteiger partial charge in [0.1, 0.15) is 113 Å². The van der Waals surface area contributed by atoms with Crippen molar-refractivity contribution in [3.8, 4) is 0 Å². The van der Waals surface area contributed by atoms with Crippen LogP contribution in [-0.4, -0.2) is 240 Å². The third-order valence-corrected chi connectivity index (χ3v) is 15.1. The number of thioether (sulfide) groups is 3. The van der Waals surface area contributed by atoms with Gasteiger partial charge in [-0.25, -0.2) is 9.59 Å². The minimum atomic E-state index is -2.24. The highest BCUT2D eigenvalue weighted by atomic mass is 32.2. The molecule has 6 heterocycles. The number of fused-ring (bicyclic) bond motifs is 3. The van der Waals surface area contributed by atoms with E-state index in [0.29, 0.717) is 0 Å². The second-order valence-corrected chi connectivity index (χ2v) is 19.4. The molecule has 0 bridgehead atoms. The van der Waals surface area contributed by atoms with E-state index < -0.39 is 155 Å². The van der Waals surface area contributed by atoms with E-state index >= 15 is 0 Å². The fraction of sp³-hybridized carbons (Fsp3) is 0.788. The lowest BCUT2D eigenvalue weighted by molar-refractivity contribution is -0.154. The molecule has 6 aliphatic rings. The molecule has 6 rings (SSSR count). The van der Waals surface area contributed by atoms with E-state index in [0.717, 1.165) is 57.1 Å². The Morgan fingerprint density at radius 3 is 1.18 bits per heavy atom. The van der Waals surface area contributed by atoms with E-state index in [4.69, 9.17) is 9.47 Å². The molecule has 6 saturated heterocycles. The number of alkyl carbamates (subject to hydrolysis) is 1. The first kappa shape index (κ1) is 46.3. The molecule has 12 N–H and O–H groups in total. The Balaban J connectivity index is 1.24. The van der Waals surface area contributed by atoms with Crippen molar-refractivity contribution in [3.63, 3.8) is 0 Å². The Kier molecular flexibility index (Phi) is 13.5. The number of amides is 6. The summed E-state index contributed by atoms with van der Waals surface area (Å²) in [5, 5.41) is 101. The number of hydrogen-bond donors (Lipinski definition) is 12. The van der Waals surface area contributed by atoms with Crippen LogP contribution in [0.3, 0.4) is 0 Å². The first-order valence-electron chi connectivity index (χ1n) is 18.6. The summed E-state index contributed by atoms with van der Waals surface area (Å²) in [6, 6.07) is -10.6. The zero-order valence-corrected chi connectivity index (χ0v) is 34.7. The number of aliphatic hydroxyl groups excluding tert-OH is 9. The van der Waals surface area contributed by atoms with E-state index in [1.807, 2.05) is 0 Å². The molecular weight excluding hydrogens is 865 g/mol. The van der Waals surface area contributed by atoms with Crippen LogP contribution in [0.15, 0.2) is 0 Å². The molecule has 0 aromatic heterocycles. The van der Waals surface area contributed by atoms with Crippen LogP contribution in [0.4, 0.5) is 4.79 Å². The number of methoxy groups -OCH3 is 1. The summed E-state index contributed by atoms with van der Waals surface area (Å²) < 4.78 is 9.94. The zero-order valence-electron chi connectivity index (χ0n) is 32.3. The van der Waals surface area contributed by atoms with Gasteiger partial charge in [-0.15, -0.1) is 35.3 Å². The molecule has 6 amide bonds. The lowest BCUT2D eigenvalue weighted by Gasteiger charge is -2.34. The van der Waals surface area contributed by atoms with Crippen molar-refractivity contribution >= 4 is 76.9 Å². The van der Waals surface area contributed by atoms with Gasteiger partial charge in [0.05, 0.1) is 7.11 Å². The van der Waals surface area contributed by atoms with E-state index in [1.54, 1.807) is 0 Å². The summed E-state index contributed by atoms with van der Waals surface area (Å²) >= 11 is 2.51. The fourth-order valence-corrected chi connectivity index (χ4v) is 12.3. The topological polar surface area (TPSA) is 366 Å². The summed E-state index contributed by atoms with van der Waals surface area (Å²) in [5.74, 6) is -7.30. The maximum atomic E-state index is 14.3. The molecule has 0 aromatic rings. The maximum absolute atomic E-state index is 14.3. The van der Waals surface area contributed by atoms with Gasteiger partial charge >= 0.3 is 12.1 Å². The van der Waals surface area contributed by atoms with Gasteiger partial charge in [0.2, 0.25) is 29.5 Å². The molecule has 336 valence electrons. The first-order valence-corrected chi connectivity index (χ1v) is 21.8. The highest BCUT2D eigenvalue weighted by Crippen LogP contribution is 2.40. The van der Waals surface area contributed by atoms with Gasteiger partial charge in [0.25, 0.3) is 0 Å². The van der Waals surface area contributed by atoms with Crippen molar-refractivity contribution in [2.24, 2.45) is 0 Å². The Labute approximate surface area is 353 Å². The summed E-state index contributed by atoms with van der Waals surface area (Å²) in [6.45, 7) is 4.56. The molecule has 6 aliphatic heterocycles. The standard InChI is InChI=1S/C33H48N6O18S3/c1-33(2,3)57-32(55)36-13-16(42)19(45)21(47)29-38(27(13)53)9(6-59-29)24(50)34-11-14(40)17(43)20(46)28-37(25(11)51)8(5-58-28)23(49)35-12-15(41)18(44)22(48)30-39(26(12)52)10(7-60-30)31(54)56-4/h8-22,28-30,40-48H,5-7H2,1-4H3,(H,34,50)(H,35,49)(H,36,55)/t8-,9-,10-,11-,12-,13-,14+,15+,16+,17-,18-,19-,20+,21+,22+,28+,29+,30+/m0/s1. The van der Waals surface area contributed by atoms with Gasteiger partial charge in [0, 0.05) is 17.3 Å². The van der Waals surface area contributed by atoms with Gasteiger partial charge in [-0.3, -0.25) is 24.0 Å². The van der Waals surface area contributed by atoms with Crippen LogP contribution >= 0.6 is 35.3 Å². The maximum Gasteiger partial charge on any atom is 0.408 e. The molecule has 0 aliphatic carbocycles. The van der Waals surface area contributed by atoms with Crippen LogP contribution in [0.25, 0.3) is 0 Å². The number of aliphatic hydroxyl groups is 9. The number of nitrogens with one attached hydrogen (secondary N) is 3. The third-order valence-electron chi connectivity index (χ3n) is 11.0. The van der Waals surface area contributed by atoms with Crippen LogP contribution in [-0.2, 0) is 38.2 Å². The lowest BCUT2D eigenvalue weighted by atomic mass is 10.0. The predicted molar refractivity (Wildman–Crippen MR) is 204 cm³/mol. The molecule has 0 saturated carbocycles. The summed E-state index contributed by atoms with van der Waals surface area (Å²) in [4.78, 5) is 97.7. The van der Waals surface area contributed by atoms with Crippen molar-refractivity contribution in [1.29, 1.82) is 0 Å². The molecule has 0 radical (unpaired) electrons. The van der Waals surface area contributed by atoms with E-state index in [9.17, 15) is 79.5 Å². The zero-order chi connectivity index (χ0) is 44.4. The SMILES string of the molecule is COC(=O)[C@@H]1CS[C@@H]2[C@H](O)[C@@H](O)[C@H](O)[C@H](NC(=O)[C@@H]3CS[C@@H]4[C@H](O)[C@@H](O)[C@H](O)[C@H](NC(=O)[C@@H]5CS[C@@H]6[C@H](O)[C@@H](O)[C@H](O)[C@H](NC(=O)OC(C)(C)C)C(=O)N65)C(=O)N43)C(=O)N21. The molecule has 0 unspecified atom stereocenters. The number of carbonyl (C=O) groups is 7. The smallest absolute Gasteiger partial charge is 0.408 e. The normalized spacial score (nSPS) is 42.0. The fourth-order valence-electron chi connectivity index (χ4n) is 7.93. The second-order valence-electron chi connectivity index (χ2n) is 16.0. The Hall–Kier alpha value is -3.22. The van der Waals surface area contributed by atoms with Crippen LogP contribution < -0.4 is 16.0 Å². The number of hydrogen-bond acceptors (Lipinski definition) is 21. The minimum Gasteiger partial charge on any atom is -0.467 e. The summed E-state index contributed by atoms with van der Waals surface area (Å²) in [6.07, 6.45) is -19.4. The largest absolute Gasteiger partial charge is 0.467 e. The molecule has 27 heteroatoms. The van der Waals surface area contributed by atoms with Gasteiger partial charge in [0.15, 0.2) is 0 Å². The number of carbonyl (C=O) groups excluding carboxylic acids is 7. The number of ether oxygens (including phenoxy) is 2. The third kappa shape index (κ3) is 8.23. The van der Waals surface area contributed by atoms with Crippen molar-refractivity contribution < 1.29 is 89.0 Å². The number of rotatable bonds is 6. The molecule has 0 aromatic carbocycles. The molecule has 18 atom stereocenters. The van der Waals surface area contributed by atoms with Gasteiger partial charge < -0.3 is 86.1 Å². The van der Waals surface area contributed by atoms with Crippen molar-refractivity contribution in [1.82, 2.24) is 30.7 Å².